The summed E-state index contributed by atoms with van der Waals surface area (Å²) >= 11 is 1.51. The number of thioether (sulfide) groups is 1. The Morgan fingerprint density at radius 3 is 2.74 bits per heavy atom. The Bertz CT molecular complexity index is 827. The van der Waals surface area contributed by atoms with Crippen LogP contribution >= 0.6 is 11.8 Å². The lowest BCUT2D eigenvalue weighted by molar-refractivity contribution is -0.128. The molecule has 0 fully saturated rings. The average molecular weight is 329 g/mol. The van der Waals surface area contributed by atoms with Crippen LogP contribution in [0, 0.1) is 0 Å². The number of hydrogen-bond acceptors (Lipinski definition) is 4. The van der Waals surface area contributed by atoms with Gasteiger partial charge in [0.25, 0.3) is 0 Å². The first kappa shape index (κ1) is 15.9. The number of amides is 1. The van der Waals surface area contributed by atoms with Gasteiger partial charge < -0.3 is 14.4 Å². The van der Waals surface area contributed by atoms with Crippen molar-refractivity contribution in [1.29, 1.82) is 0 Å². The molecular formula is C18H19NO3S. The first-order valence-electron chi connectivity index (χ1n) is 7.65. The van der Waals surface area contributed by atoms with E-state index in [-0.39, 0.29) is 12.5 Å². The highest BCUT2D eigenvalue weighted by Crippen LogP contribution is 2.31. The van der Waals surface area contributed by atoms with Crippen LogP contribution in [0.4, 0.5) is 0 Å². The van der Waals surface area contributed by atoms with Gasteiger partial charge in [-0.3, -0.25) is 4.79 Å². The second kappa shape index (κ2) is 7.06. The normalized spacial score (nSPS) is 11.2. The van der Waals surface area contributed by atoms with E-state index in [1.807, 2.05) is 43.3 Å². The van der Waals surface area contributed by atoms with E-state index in [1.54, 1.807) is 4.90 Å². The van der Waals surface area contributed by atoms with E-state index in [1.165, 1.54) is 11.8 Å². The third kappa shape index (κ3) is 3.35. The number of rotatable bonds is 6. The zero-order chi connectivity index (χ0) is 16.2. The molecule has 0 aliphatic rings. The summed E-state index contributed by atoms with van der Waals surface area (Å²) in [5.41, 5.74) is 1.73. The molecule has 1 aromatic heterocycles. The standard InChI is InChI=1S/C18H19NO3S/c1-2-19(9-10-20)18(21)12-23-13-7-8-17-15(11-13)14-5-3-4-6-16(14)22-17/h3-8,11,20H,2,9-10,12H2,1H3. The predicted octanol–water partition coefficient (Wildman–Crippen LogP) is 3.52. The fourth-order valence-electron chi connectivity index (χ4n) is 2.61. The summed E-state index contributed by atoms with van der Waals surface area (Å²) in [6.45, 7) is 2.92. The van der Waals surface area contributed by atoms with Crippen LogP contribution < -0.4 is 0 Å². The molecule has 1 N–H and O–H groups in total. The van der Waals surface area contributed by atoms with Gasteiger partial charge in [-0.2, -0.15) is 0 Å². The van der Waals surface area contributed by atoms with E-state index in [4.69, 9.17) is 9.52 Å². The maximum atomic E-state index is 12.1. The molecule has 4 nitrogen and oxygen atoms in total. The van der Waals surface area contributed by atoms with Gasteiger partial charge in [0.15, 0.2) is 0 Å². The van der Waals surface area contributed by atoms with Crippen LogP contribution in [0.3, 0.4) is 0 Å². The molecule has 5 heteroatoms. The van der Waals surface area contributed by atoms with Gasteiger partial charge in [-0.05, 0) is 31.2 Å². The van der Waals surface area contributed by atoms with Crippen molar-refractivity contribution in [3.63, 3.8) is 0 Å². The topological polar surface area (TPSA) is 53.7 Å². The van der Waals surface area contributed by atoms with E-state index < -0.39 is 0 Å². The zero-order valence-electron chi connectivity index (χ0n) is 13.0. The van der Waals surface area contributed by atoms with Crippen molar-refractivity contribution in [2.45, 2.75) is 11.8 Å². The molecule has 0 aliphatic heterocycles. The Labute approximate surface area is 139 Å². The molecule has 0 unspecified atom stereocenters. The molecule has 0 saturated heterocycles. The molecular weight excluding hydrogens is 310 g/mol. The second-order valence-electron chi connectivity index (χ2n) is 5.24. The lowest BCUT2D eigenvalue weighted by Crippen LogP contribution is -2.34. The molecule has 23 heavy (non-hydrogen) atoms. The summed E-state index contributed by atoms with van der Waals surface area (Å²) in [5.74, 6) is 0.415. The number of furan rings is 1. The summed E-state index contributed by atoms with van der Waals surface area (Å²) < 4.78 is 5.81. The van der Waals surface area contributed by atoms with Gasteiger partial charge in [0.05, 0.1) is 12.4 Å². The summed E-state index contributed by atoms with van der Waals surface area (Å²) in [7, 11) is 0. The minimum atomic E-state index is -0.00276. The Hall–Kier alpha value is -1.98. The number of benzene rings is 2. The molecule has 0 atom stereocenters. The first-order valence-corrected chi connectivity index (χ1v) is 8.64. The summed E-state index contributed by atoms with van der Waals surface area (Å²) in [5, 5.41) is 11.1. The Morgan fingerprint density at radius 2 is 1.96 bits per heavy atom. The van der Waals surface area contributed by atoms with Crippen LogP contribution in [0.25, 0.3) is 21.9 Å². The van der Waals surface area contributed by atoms with Crippen LogP contribution in [0.1, 0.15) is 6.92 Å². The third-order valence-electron chi connectivity index (χ3n) is 3.81. The van der Waals surface area contributed by atoms with Crippen LogP contribution in [0.15, 0.2) is 51.8 Å². The number of carbonyl (C=O) groups is 1. The molecule has 3 aromatic rings. The Morgan fingerprint density at radius 1 is 1.17 bits per heavy atom. The quantitative estimate of drug-likeness (QED) is 0.703. The molecule has 0 radical (unpaired) electrons. The number of nitrogens with zero attached hydrogens (tertiary/aromatic N) is 1. The van der Waals surface area contributed by atoms with Gasteiger partial charge in [0.1, 0.15) is 11.2 Å². The van der Waals surface area contributed by atoms with Crippen LogP contribution in [-0.2, 0) is 4.79 Å². The molecule has 2 aromatic carbocycles. The minimum absolute atomic E-state index is 0.00276. The summed E-state index contributed by atoms with van der Waals surface area (Å²) in [6, 6.07) is 14.0. The van der Waals surface area contributed by atoms with E-state index in [2.05, 4.69) is 6.07 Å². The number of aliphatic hydroxyl groups excluding tert-OH is 1. The van der Waals surface area contributed by atoms with Crippen molar-refractivity contribution in [3.8, 4) is 0 Å². The van der Waals surface area contributed by atoms with Crippen molar-refractivity contribution in [1.82, 2.24) is 4.90 Å². The van der Waals surface area contributed by atoms with Gasteiger partial charge in [-0.1, -0.05) is 18.2 Å². The Balaban J connectivity index is 1.78. The Kier molecular flexibility index (Phi) is 4.88. The SMILES string of the molecule is CCN(CCO)C(=O)CSc1ccc2oc3ccccc3c2c1. The molecule has 120 valence electrons. The number of hydrogen-bond donors (Lipinski definition) is 1. The highest BCUT2D eigenvalue weighted by Gasteiger charge is 2.12. The number of likely N-dealkylation sites (N-methyl/N-ethyl adjacent to an activating group) is 1. The lowest BCUT2D eigenvalue weighted by Gasteiger charge is -2.19. The van der Waals surface area contributed by atoms with Crippen molar-refractivity contribution >= 4 is 39.6 Å². The average Bonchev–Trinajstić information content (AvgIpc) is 2.95. The zero-order valence-corrected chi connectivity index (χ0v) is 13.8. The van der Waals surface area contributed by atoms with Crippen molar-refractivity contribution < 1.29 is 14.3 Å². The van der Waals surface area contributed by atoms with E-state index in [9.17, 15) is 4.79 Å². The molecule has 1 heterocycles. The number of para-hydroxylation sites is 1. The van der Waals surface area contributed by atoms with Crippen LogP contribution in [-0.4, -0.2) is 41.4 Å². The molecule has 0 spiro atoms. The van der Waals surface area contributed by atoms with Gasteiger partial charge in [-0.15, -0.1) is 11.8 Å². The second-order valence-corrected chi connectivity index (χ2v) is 6.29. The highest BCUT2D eigenvalue weighted by molar-refractivity contribution is 8.00. The van der Waals surface area contributed by atoms with Crippen molar-refractivity contribution in [3.05, 3.63) is 42.5 Å². The molecule has 0 aliphatic carbocycles. The minimum Gasteiger partial charge on any atom is -0.456 e. The van der Waals surface area contributed by atoms with Gasteiger partial charge in [0, 0.05) is 28.8 Å². The molecule has 0 bridgehead atoms. The lowest BCUT2D eigenvalue weighted by atomic mass is 10.1. The third-order valence-corrected chi connectivity index (χ3v) is 4.79. The van der Waals surface area contributed by atoms with E-state index in [0.29, 0.717) is 18.8 Å². The number of fused-ring (bicyclic) bond motifs is 3. The maximum absolute atomic E-state index is 12.1. The predicted molar refractivity (Wildman–Crippen MR) is 93.8 cm³/mol. The smallest absolute Gasteiger partial charge is 0.233 e. The first-order chi connectivity index (χ1) is 11.2. The van der Waals surface area contributed by atoms with Gasteiger partial charge >= 0.3 is 0 Å². The fraction of sp³-hybridized carbons (Fsp3) is 0.278. The highest BCUT2D eigenvalue weighted by atomic mass is 32.2. The largest absolute Gasteiger partial charge is 0.456 e. The van der Waals surface area contributed by atoms with Gasteiger partial charge in [-0.25, -0.2) is 0 Å². The van der Waals surface area contributed by atoms with Gasteiger partial charge in [0.2, 0.25) is 5.91 Å². The van der Waals surface area contributed by atoms with E-state index in [0.717, 1.165) is 26.8 Å². The van der Waals surface area contributed by atoms with Crippen molar-refractivity contribution in [2.24, 2.45) is 0 Å². The number of aliphatic hydroxyl groups is 1. The molecule has 1 amide bonds. The maximum Gasteiger partial charge on any atom is 0.233 e. The summed E-state index contributed by atoms with van der Waals surface area (Å²) in [4.78, 5) is 14.8. The van der Waals surface area contributed by atoms with Crippen LogP contribution in [0.5, 0.6) is 0 Å². The summed E-state index contributed by atoms with van der Waals surface area (Å²) in [6.07, 6.45) is 0. The van der Waals surface area contributed by atoms with Crippen molar-refractivity contribution in [2.75, 3.05) is 25.4 Å². The molecule has 0 saturated carbocycles. The van der Waals surface area contributed by atoms with E-state index >= 15 is 0 Å². The number of carbonyl (C=O) groups excluding carboxylic acids is 1. The molecule has 3 rings (SSSR count). The fourth-order valence-corrected chi connectivity index (χ4v) is 3.45. The van der Waals surface area contributed by atoms with Crippen LogP contribution in [0.2, 0.25) is 0 Å². The monoisotopic (exact) mass is 329 g/mol.